The number of nitrogens with zero attached hydrogens (tertiary/aromatic N) is 2. The molecule has 2 aromatic rings. The molecule has 2 N–H and O–H groups in total. The largest absolute Gasteiger partial charge is 0.390 e. The fourth-order valence-electron chi connectivity index (χ4n) is 3.33. The second-order valence-corrected chi connectivity index (χ2v) is 7.17. The summed E-state index contributed by atoms with van der Waals surface area (Å²) in [5, 5.41) is 13.9. The second-order valence-electron chi connectivity index (χ2n) is 6.42. The Bertz CT molecular complexity index is 745. The number of aromatic nitrogens is 2. The number of halogens is 1. The third kappa shape index (κ3) is 2.76. The highest BCUT2D eigenvalue weighted by Crippen LogP contribution is 2.43. The van der Waals surface area contributed by atoms with Gasteiger partial charge in [-0.1, -0.05) is 31.2 Å². The highest BCUT2D eigenvalue weighted by molar-refractivity contribution is 9.10. The number of aliphatic hydroxyl groups excluding tert-OH is 1. The molecule has 1 saturated carbocycles. The van der Waals surface area contributed by atoms with Gasteiger partial charge in [-0.3, -0.25) is 0 Å². The maximum absolute atomic E-state index is 10.5. The van der Waals surface area contributed by atoms with Crippen molar-refractivity contribution < 1.29 is 5.11 Å². The number of aliphatic hydroxyl groups is 1. The first kappa shape index (κ1) is 15.1. The summed E-state index contributed by atoms with van der Waals surface area (Å²) in [6.45, 7) is 2.08. The molecule has 4 rings (SSSR count). The molecule has 0 radical (unpaired) electrons. The Morgan fingerprint density at radius 2 is 2.04 bits per heavy atom. The standard InChI is InChI=1S/C18H20BrN3O/c1-2-13-18(21-15(10-7-8-10)17(19)20-13)22-16-12-6-4-3-5-11(12)9-14(16)23/h3-6,10,14,16,23H,2,7-9H2,1H3,(H,21,22)/t14-,16+/m0/s1. The molecule has 0 amide bonds. The lowest BCUT2D eigenvalue weighted by Gasteiger charge is -2.21. The summed E-state index contributed by atoms with van der Waals surface area (Å²) in [5.74, 6) is 1.35. The van der Waals surface area contributed by atoms with Gasteiger partial charge in [0.05, 0.1) is 23.5 Å². The van der Waals surface area contributed by atoms with Crippen LogP contribution in [0.4, 0.5) is 5.82 Å². The van der Waals surface area contributed by atoms with Crippen LogP contribution >= 0.6 is 15.9 Å². The molecule has 0 saturated heterocycles. The molecule has 120 valence electrons. The number of hydrogen-bond acceptors (Lipinski definition) is 4. The molecule has 2 atom stereocenters. The van der Waals surface area contributed by atoms with Gasteiger partial charge in [0.1, 0.15) is 10.4 Å². The van der Waals surface area contributed by atoms with E-state index in [1.807, 2.05) is 12.1 Å². The number of rotatable bonds is 4. The summed E-state index contributed by atoms with van der Waals surface area (Å²) in [6, 6.07) is 8.11. The van der Waals surface area contributed by atoms with Crippen molar-refractivity contribution in [3.05, 3.63) is 51.4 Å². The quantitative estimate of drug-likeness (QED) is 0.856. The number of fused-ring (bicyclic) bond motifs is 1. The Morgan fingerprint density at radius 1 is 1.26 bits per heavy atom. The summed E-state index contributed by atoms with van der Waals surface area (Å²) in [7, 11) is 0. The Morgan fingerprint density at radius 3 is 2.78 bits per heavy atom. The molecule has 1 aromatic heterocycles. The smallest absolute Gasteiger partial charge is 0.148 e. The molecule has 2 aliphatic carbocycles. The van der Waals surface area contributed by atoms with Crippen LogP contribution in [0.15, 0.2) is 28.9 Å². The summed E-state index contributed by atoms with van der Waals surface area (Å²) in [5.41, 5.74) is 4.37. The van der Waals surface area contributed by atoms with E-state index >= 15 is 0 Å². The van der Waals surface area contributed by atoms with Crippen molar-refractivity contribution in [2.24, 2.45) is 0 Å². The maximum atomic E-state index is 10.5. The van der Waals surface area contributed by atoms with Crippen LogP contribution < -0.4 is 5.32 Å². The number of hydrogen-bond donors (Lipinski definition) is 2. The summed E-state index contributed by atoms with van der Waals surface area (Å²) in [4.78, 5) is 9.53. The van der Waals surface area contributed by atoms with Crippen LogP contribution in [-0.2, 0) is 12.8 Å². The zero-order valence-electron chi connectivity index (χ0n) is 13.1. The van der Waals surface area contributed by atoms with Crippen molar-refractivity contribution >= 4 is 21.7 Å². The minimum Gasteiger partial charge on any atom is -0.390 e. The fourth-order valence-corrected chi connectivity index (χ4v) is 3.96. The average Bonchev–Trinajstić information content (AvgIpc) is 3.34. The molecule has 1 aromatic carbocycles. The monoisotopic (exact) mass is 373 g/mol. The zero-order valence-corrected chi connectivity index (χ0v) is 14.7. The Balaban J connectivity index is 1.69. The van der Waals surface area contributed by atoms with E-state index in [9.17, 15) is 5.11 Å². The molecule has 4 nitrogen and oxygen atoms in total. The third-order valence-corrected chi connectivity index (χ3v) is 5.33. The van der Waals surface area contributed by atoms with Gasteiger partial charge < -0.3 is 10.4 Å². The lowest BCUT2D eigenvalue weighted by atomic mass is 10.1. The number of nitrogens with one attached hydrogen (secondary N) is 1. The van der Waals surface area contributed by atoms with Gasteiger partial charge in [0.25, 0.3) is 0 Å². The molecule has 23 heavy (non-hydrogen) atoms. The van der Waals surface area contributed by atoms with E-state index in [1.54, 1.807) is 0 Å². The molecule has 0 aliphatic heterocycles. The van der Waals surface area contributed by atoms with Crippen molar-refractivity contribution in [2.45, 2.75) is 50.7 Å². The van der Waals surface area contributed by atoms with Crippen LogP contribution in [0.3, 0.4) is 0 Å². The van der Waals surface area contributed by atoms with E-state index in [-0.39, 0.29) is 6.04 Å². The van der Waals surface area contributed by atoms with E-state index in [4.69, 9.17) is 4.98 Å². The van der Waals surface area contributed by atoms with Gasteiger partial charge in [-0.25, -0.2) is 9.97 Å². The molecular weight excluding hydrogens is 354 g/mol. The minimum absolute atomic E-state index is 0.112. The van der Waals surface area contributed by atoms with Gasteiger partial charge in [0.2, 0.25) is 0 Å². The van der Waals surface area contributed by atoms with Crippen LogP contribution in [0, 0.1) is 0 Å². The highest BCUT2D eigenvalue weighted by atomic mass is 79.9. The number of benzene rings is 1. The molecule has 2 aliphatic rings. The predicted octanol–water partition coefficient (Wildman–Crippen LogP) is 3.75. The van der Waals surface area contributed by atoms with Crippen LogP contribution in [-0.4, -0.2) is 21.2 Å². The SMILES string of the molecule is CCc1nc(Br)c(C2CC2)nc1N[C@@H]1c2ccccc2C[C@@H]1O. The van der Waals surface area contributed by atoms with E-state index in [2.05, 4.69) is 45.3 Å². The Kier molecular flexibility index (Phi) is 3.85. The molecule has 0 unspecified atom stereocenters. The van der Waals surface area contributed by atoms with Gasteiger partial charge in [-0.2, -0.15) is 0 Å². The van der Waals surface area contributed by atoms with E-state index < -0.39 is 6.10 Å². The normalized spacial score (nSPS) is 22.9. The van der Waals surface area contributed by atoms with Crippen molar-refractivity contribution in [3.8, 4) is 0 Å². The van der Waals surface area contributed by atoms with Crippen molar-refractivity contribution in [3.63, 3.8) is 0 Å². The topological polar surface area (TPSA) is 58.0 Å². The van der Waals surface area contributed by atoms with Crippen molar-refractivity contribution in [1.29, 1.82) is 0 Å². The lowest BCUT2D eigenvalue weighted by Crippen LogP contribution is -2.23. The number of anilines is 1. The van der Waals surface area contributed by atoms with Crippen LogP contribution in [0.1, 0.15) is 54.2 Å². The maximum Gasteiger partial charge on any atom is 0.148 e. The van der Waals surface area contributed by atoms with E-state index in [0.717, 1.165) is 28.2 Å². The zero-order chi connectivity index (χ0) is 16.0. The molecule has 1 fully saturated rings. The molecule has 5 heteroatoms. The average molecular weight is 374 g/mol. The Hall–Kier alpha value is -1.46. The second kappa shape index (κ2) is 5.87. The van der Waals surface area contributed by atoms with Crippen LogP contribution in [0.2, 0.25) is 0 Å². The van der Waals surface area contributed by atoms with E-state index in [1.165, 1.54) is 24.0 Å². The molecule has 1 heterocycles. The van der Waals surface area contributed by atoms with Gasteiger partial charge in [0, 0.05) is 12.3 Å². The van der Waals surface area contributed by atoms with Crippen LogP contribution in [0.25, 0.3) is 0 Å². The molecule has 0 spiro atoms. The predicted molar refractivity (Wildman–Crippen MR) is 93.6 cm³/mol. The van der Waals surface area contributed by atoms with Gasteiger partial charge in [-0.05, 0) is 46.3 Å². The van der Waals surface area contributed by atoms with Crippen molar-refractivity contribution in [2.75, 3.05) is 5.32 Å². The molecule has 0 bridgehead atoms. The summed E-state index contributed by atoms with van der Waals surface area (Å²) in [6.07, 6.45) is 3.45. The first-order chi connectivity index (χ1) is 11.2. The first-order valence-corrected chi connectivity index (χ1v) is 9.05. The highest BCUT2D eigenvalue weighted by Gasteiger charge is 2.33. The third-order valence-electron chi connectivity index (χ3n) is 4.75. The van der Waals surface area contributed by atoms with Gasteiger partial charge in [-0.15, -0.1) is 0 Å². The minimum atomic E-state index is -0.424. The molecular formula is C18H20BrN3O. The number of aryl methyl sites for hydroxylation is 1. The van der Waals surface area contributed by atoms with Gasteiger partial charge in [0.15, 0.2) is 0 Å². The van der Waals surface area contributed by atoms with Crippen LogP contribution in [0.5, 0.6) is 0 Å². The lowest BCUT2D eigenvalue weighted by molar-refractivity contribution is 0.165. The van der Waals surface area contributed by atoms with E-state index in [0.29, 0.717) is 12.3 Å². The first-order valence-electron chi connectivity index (χ1n) is 8.26. The van der Waals surface area contributed by atoms with Crippen molar-refractivity contribution in [1.82, 2.24) is 9.97 Å². The Labute approximate surface area is 144 Å². The van der Waals surface area contributed by atoms with Gasteiger partial charge >= 0.3 is 0 Å². The fraction of sp³-hybridized carbons (Fsp3) is 0.444. The summed E-state index contributed by atoms with van der Waals surface area (Å²) >= 11 is 3.56. The summed E-state index contributed by atoms with van der Waals surface area (Å²) < 4.78 is 0.870.